The third-order valence-electron chi connectivity index (χ3n) is 4.32. The molecule has 0 saturated carbocycles. The van der Waals surface area contributed by atoms with Crippen LogP contribution in [0.15, 0.2) is 36.8 Å². The predicted molar refractivity (Wildman–Crippen MR) is 115 cm³/mol. The molecule has 29 heavy (non-hydrogen) atoms. The van der Waals surface area contributed by atoms with Crippen LogP contribution < -0.4 is 9.46 Å². The van der Waals surface area contributed by atoms with Crippen LogP contribution in [0, 0.1) is 24.6 Å². The molecule has 0 atom stereocenters. The van der Waals surface area contributed by atoms with Crippen LogP contribution in [0.2, 0.25) is 0 Å². The number of aryl methyl sites for hydroxylation is 2. The number of ether oxygens (including phenoxy) is 1. The van der Waals surface area contributed by atoms with Gasteiger partial charge >= 0.3 is 0 Å². The van der Waals surface area contributed by atoms with E-state index in [4.69, 9.17) is 4.74 Å². The van der Waals surface area contributed by atoms with Crippen molar-refractivity contribution in [2.24, 2.45) is 0 Å². The standard InChI is InChI=1S/C22H21FN4OS/c1-5-19-17(8-6-15-10-20(27-29-4)14(2)24-12-15)22(26-13-25-19)16-7-9-21(28-3)18(23)11-16/h7,9-13,27H,5H2,1-4H3. The molecule has 1 N–H and O–H groups in total. The predicted octanol–water partition coefficient (Wildman–Crippen LogP) is 4.65. The fourth-order valence-electron chi connectivity index (χ4n) is 2.80. The van der Waals surface area contributed by atoms with Crippen LogP contribution >= 0.6 is 11.9 Å². The van der Waals surface area contributed by atoms with E-state index in [9.17, 15) is 4.39 Å². The van der Waals surface area contributed by atoms with Crippen LogP contribution in [0.3, 0.4) is 0 Å². The third kappa shape index (κ3) is 4.66. The molecule has 0 aliphatic rings. The molecule has 148 valence electrons. The minimum atomic E-state index is -0.448. The van der Waals surface area contributed by atoms with Crippen molar-refractivity contribution in [3.63, 3.8) is 0 Å². The Kier molecular flexibility index (Phi) is 6.68. The van der Waals surface area contributed by atoms with Gasteiger partial charge in [0.15, 0.2) is 11.6 Å². The van der Waals surface area contributed by atoms with Gasteiger partial charge in [0.25, 0.3) is 0 Å². The Morgan fingerprint density at radius 1 is 1.17 bits per heavy atom. The quantitative estimate of drug-likeness (QED) is 0.490. The van der Waals surface area contributed by atoms with Gasteiger partial charge in [-0.15, -0.1) is 0 Å². The number of hydrogen-bond donors (Lipinski definition) is 1. The molecule has 0 bridgehead atoms. The highest BCUT2D eigenvalue weighted by Crippen LogP contribution is 2.27. The van der Waals surface area contributed by atoms with Crippen LogP contribution in [-0.4, -0.2) is 28.3 Å². The summed E-state index contributed by atoms with van der Waals surface area (Å²) in [5.74, 6) is 6.07. The van der Waals surface area contributed by atoms with Gasteiger partial charge in [-0.05, 0) is 37.6 Å². The van der Waals surface area contributed by atoms with Gasteiger partial charge < -0.3 is 9.46 Å². The molecule has 3 rings (SSSR count). The molecule has 0 aliphatic heterocycles. The van der Waals surface area contributed by atoms with Crippen LogP contribution in [-0.2, 0) is 6.42 Å². The number of aromatic nitrogens is 3. The molecule has 0 unspecified atom stereocenters. The summed E-state index contributed by atoms with van der Waals surface area (Å²) < 4.78 is 22.4. The zero-order valence-electron chi connectivity index (χ0n) is 16.7. The Hall–Kier alpha value is -3.11. The summed E-state index contributed by atoms with van der Waals surface area (Å²) in [6, 6.07) is 6.70. The van der Waals surface area contributed by atoms with E-state index in [-0.39, 0.29) is 5.75 Å². The summed E-state index contributed by atoms with van der Waals surface area (Å²) in [4.78, 5) is 13.1. The van der Waals surface area contributed by atoms with E-state index in [0.29, 0.717) is 23.2 Å². The van der Waals surface area contributed by atoms with Gasteiger partial charge in [0.05, 0.1) is 35.4 Å². The van der Waals surface area contributed by atoms with E-state index in [1.54, 1.807) is 18.3 Å². The van der Waals surface area contributed by atoms with Crippen molar-refractivity contribution in [3.8, 4) is 28.8 Å². The molecule has 3 aromatic rings. The van der Waals surface area contributed by atoms with E-state index in [2.05, 4.69) is 31.5 Å². The summed E-state index contributed by atoms with van der Waals surface area (Å²) in [5, 5.41) is 0. The van der Waals surface area contributed by atoms with Gasteiger partial charge in [-0.25, -0.2) is 14.4 Å². The first-order chi connectivity index (χ1) is 14.1. The second kappa shape index (κ2) is 9.39. The van der Waals surface area contributed by atoms with E-state index < -0.39 is 5.82 Å². The number of rotatable bonds is 5. The summed E-state index contributed by atoms with van der Waals surface area (Å²) in [7, 11) is 1.44. The first-order valence-electron chi connectivity index (χ1n) is 9.02. The summed E-state index contributed by atoms with van der Waals surface area (Å²) >= 11 is 1.50. The van der Waals surface area contributed by atoms with Crippen LogP contribution in [0.5, 0.6) is 5.75 Å². The second-order valence-corrected chi connectivity index (χ2v) is 6.77. The molecule has 0 fully saturated rings. The number of nitrogens with one attached hydrogen (secondary N) is 1. The topological polar surface area (TPSA) is 59.9 Å². The van der Waals surface area contributed by atoms with Crippen LogP contribution in [0.1, 0.15) is 29.4 Å². The maximum Gasteiger partial charge on any atom is 0.165 e. The zero-order valence-corrected chi connectivity index (χ0v) is 17.5. The lowest BCUT2D eigenvalue weighted by atomic mass is 10.0. The van der Waals surface area contributed by atoms with Crippen molar-refractivity contribution < 1.29 is 9.13 Å². The summed E-state index contributed by atoms with van der Waals surface area (Å²) in [6.07, 6.45) is 5.85. The van der Waals surface area contributed by atoms with E-state index in [1.165, 1.54) is 31.5 Å². The highest BCUT2D eigenvalue weighted by atomic mass is 32.2. The van der Waals surface area contributed by atoms with Gasteiger partial charge in [0.2, 0.25) is 0 Å². The number of benzene rings is 1. The molecule has 0 radical (unpaired) electrons. The lowest BCUT2D eigenvalue weighted by molar-refractivity contribution is 0.386. The SMILES string of the molecule is CCc1ncnc(-c2ccc(OC)c(F)c2)c1C#Cc1cnc(C)c(NSC)c1. The fourth-order valence-corrected chi connectivity index (χ4v) is 3.23. The first-order valence-corrected chi connectivity index (χ1v) is 10.2. The third-order valence-corrected chi connectivity index (χ3v) is 4.74. The first kappa shape index (κ1) is 20.6. The number of pyridine rings is 1. The van der Waals surface area contributed by atoms with Crippen molar-refractivity contribution in [2.45, 2.75) is 20.3 Å². The number of hydrogen-bond acceptors (Lipinski definition) is 6. The number of nitrogens with zero attached hydrogens (tertiary/aromatic N) is 3. The molecule has 7 heteroatoms. The normalized spacial score (nSPS) is 10.2. The maximum atomic E-state index is 14.2. The average molecular weight is 409 g/mol. The van der Waals surface area contributed by atoms with Crippen molar-refractivity contribution in [1.29, 1.82) is 0 Å². The minimum absolute atomic E-state index is 0.186. The molecular weight excluding hydrogens is 387 g/mol. The van der Waals surface area contributed by atoms with Gasteiger partial charge in [0.1, 0.15) is 6.33 Å². The second-order valence-electron chi connectivity index (χ2n) is 6.16. The number of anilines is 1. The maximum absolute atomic E-state index is 14.2. The van der Waals surface area contributed by atoms with Crippen LogP contribution in [0.4, 0.5) is 10.1 Å². The Labute approximate surface area is 174 Å². The van der Waals surface area contributed by atoms with Crippen molar-refractivity contribution in [2.75, 3.05) is 18.1 Å². The molecule has 5 nitrogen and oxygen atoms in total. The van der Waals surface area contributed by atoms with Crippen LogP contribution in [0.25, 0.3) is 11.3 Å². The monoisotopic (exact) mass is 408 g/mol. The molecule has 2 aromatic heterocycles. The molecule has 0 saturated heterocycles. The van der Waals surface area contributed by atoms with E-state index >= 15 is 0 Å². The van der Waals surface area contributed by atoms with Gasteiger partial charge in [-0.3, -0.25) is 4.98 Å². The molecular formula is C22H21FN4OS. The smallest absolute Gasteiger partial charge is 0.165 e. The number of halogens is 1. The highest BCUT2D eigenvalue weighted by Gasteiger charge is 2.13. The van der Waals surface area contributed by atoms with Gasteiger partial charge in [-0.1, -0.05) is 30.7 Å². The minimum Gasteiger partial charge on any atom is -0.494 e. The molecule has 0 aliphatic carbocycles. The Morgan fingerprint density at radius 3 is 2.69 bits per heavy atom. The van der Waals surface area contributed by atoms with Gasteiger partial charge in [0, 0.05) is 23.6 Å². The molecule has 0 spiro atoms. The van der Waals surface area contributed by atoms with Crippen molar-refractivity contribution in [3.05, 3.63) is 65.1 Å². The Bertz CT molecular complexity index is 1090. The Balaban J connectivity index is 2.08. The lowest BCUT2D eigenvalue weighted by Crippen LogP contribution is -2.00. The average Bonchev–Trinajstić information content (AvgIpc) is 2.74. The summed E-state index contributed by atoms with van der Waals surface area (Å²) in [5.41, 5.74) is 5.29. The largest absolute Gasteiger partial charge is 0.494 e. The molecule has 0 amide bonds. The Morgan fingerprint density at radius 2 is 2.00 bits per heavy atom. The zero-order chi connectivity index (χ0) is 20.8. The highest BCUT2D eigenvalue weighted by molar-refractivity contribution is 7.99. The molecule has 1 aromatic carbocycles. The van der Waals surface area contributed by atoms with Crippen molar-refractivity contribution in [1.82, 2.24) is 15.0 Å². The van der Waals surface area contributed by atoms with Crippen molar-refractivity contribution >= 4 is 17.6 Å². The van der Waals surface area contributed by atoms with E-state index in [0.717, 1.165) is 22.6 Å². The fraction of sp³-hybridized carbons (Fsp3) is 0.227. The lowest BCUT2D eigenvalue weighted by Gasteiger charge is -2.09. The van der Waals surface area contributed by atoms with Gasteiger partial charge in [-0.2, -0.15) is 0 Å². The van der Waals surface area contributed by atoms with E-state index in [1.807, 2.05) is 26.2 Å². The summed E-state index contributed by atoms with van der Waals surface area (Å²) in [6.45, 7) is 3.94. The number of methoxy groups -OCH3 is 1. The molecule has 2 heterocycles.